The zero-order chi connectivity index (χ0) is 11.6. The Kier molecular flexibility index (Phi) is 3.81. The van der Waals surface area contributed by atoms with Gasteiger partial charge in [-0.25, -0.2) is 4.98 Å². The first-order valence-corrected chi connectivity index (χ1v) is 6.64. The predicted octanol–water partition coefficient (Wildman–Crippen LogP) is 2.06. The Morgan fingerprint density at radius 1 is 1.62 bits per heavy atom. The summed E-state index contributed by atoms with van der Waals surface area (Å²) in [5.74, 6) is 0.0415. The molecule has 0 spiro atoms. The monoisotopic (exact) mass is 262 g/mol. The van der Waals surface area contributed by atoms with Crippen LogP contribution in [0.5, 0.6) is 0 Å². The van der Waals surface area contributed by atoms with E-state index < -0.39 is 5.79 Å². The molecule has 0 radical (unpaired) electrons. The highest BCUT2D eigenvalue weighted by molar-refractivity contribution is 7.99. The van der Waals surface area contributed by atoms with E-state index in [1.807, 2.05) is 13.8 Å². The lowest BCUT2D eigenvalue weighted by molar-refractivity contribution is -0.139. The summed E-state index contributed by atoms with van der Waals surface area (Å²) in [5, 5.41) is 1.60. The number of thioether (sulfide) groups is 1. The van der Waals surface area contributed by atoms with Gasteiger partial charge in [0.05, 0.1) is 12.5 Å². The van der Waals surface area contributed by atoms with Gasteiger partial charge in [-0.1, -0.05) is 11.8 Å². The average molecular weight is 262 g/mol. The second kappa shape index (κ2) is 4.97. The third-order valence-electron chi connectivity index (χ3n) is 2.01. The third kappa shape index (κ3) is 2.92. The fraction of sp³-hybridized carbons (Fsp3) is 0.778. The van der Waals surface area contributed by atoms with Crippen LogP contribution in [0, 0.1) is 0 Å². The first-order chi connectivity index (χ1) is 7.61. The van der Waals surface area contributed by atoms with E-state index in [0.29, 0.717) is 12.5 Å². The highest BCUT2D eigenvalue weighted by Gasteiger charge is 2.35. The summed E-state index contributed by atoms with van der Waals surface area (Å²) < 4.78 is 20.3. The maximum atomic E-state index is 5.70. The zero-order valence-electron chi connectivity index (χ0n) is 9.43. The smallest absolute Gasteiger partial charge is 0.202 e. The maximum absolute atomic E-state index is 5.70. The van der Waals surface area contributed by atoms with Crippen LogP contribution in [0.1, 0.15) is 25.0 Å². The number of ether oxygens (including phenoxy) is 3. The van der Waals surface area contributed by atoms with E-state index >= 15 is 0 Å². The number of rotatable bonds is 4. The Labute approximate surface area is 103 Å². The standard InChI is InChI=1S/C9H14N2O3S2/c1-9(2)13-4-6(14-9)7-10-8(11-16-7)15-5-12-3/h6H,4-5H2,1-3H3. The van der Waals surface area contributed by atoms with Crippen LogP contribution in [-0.4, -0.2) is 34.8 Å². The summed E-state index contributed by atoms with van der Waals surface area (Å²) in [5.41, 5.74) is 0. The molecule has 2 heterocycles. The van der Waals surface area contributed by atoms with Gasteiger partial charge >= 0.3 is 0 Å². The molecule has 1 aromatic heterocycles. The fourth-order valence-corrected chi connectivity index (χ4v) is 2.67. The van der Waals surface area contributed by atoms with Gasteiger partial charge in [-0.2, -0.15) is 4.37 Å². The molecule has 1 aliphatic rings. The number of hydrogen-bond donors (Lipinski definition) is 0. The molecule has 0 N–H and O–H groups in total. The van der Waals surface area contributed by atoms with Gasteiger partial charge in [-0.3, -0.25) is 0 Å². The topological polar surface area (TPSA) is 53.5 Å². The molecule has 2 rings (SSSR count). The molecule has 16 heavy (non-hydrogen) atoms. The maximum Gasteiger partial charge on any atom is 0.202 e. The molecule has 0 aromatic carbocycles. The van der Waals surface area contributed by atoms with Crippen molar-refractivity contribution in [3.05, 3.63) is 5.01 Å². The van der Waals surface area contributed by atoms with Crippen LogP contribution in [0.25, 0.3) is 0 Å². The predicted molar refractivity (Wildman–Crippen MR) is 61.5 cm³/mol. The van der Waals surface area contributed by atoms with Gasteiger partial charge in [-0.15, -0.1) is 0 Å². The molecule has 90 valence electrons. The van der Waals surface area contributed by atoms with Crippen LogP contribution in [0.3, 0.4) is 0 Å². The van der Waals surface area contributed by atoms with Crippen molar-refractivity contribution >= 4 is 23.3 Å². The highest BCUT2D eigenvalue weighted by Crippen LogP contribution is 2.34. The summed E-state index contributed by atoms with van der Waals surface area (Å²) in [6, 6.07) is 0. The van der Waals surface area contributed by atoms with E-state index in [1.165, 1.54) is 23.3 Å². The summed E-state index contributed by atoms with van der Waals surface area (Å²) in [7, 11) is 1.65. The molecule has 0 aliphatic carbocycles. The van der Waals surface area contributed by atoms with Gasteiger partial charge in [0.1, 0.15) is 11.1 Å². The lowest BCUT2D eigenvalue weighted by Gasteiger charge is -2.15. The Bertz CT molecular complexity index is 356. The Morgan fingerprint density at radius 3 is 3.06 bits per heavy atom. The second-order valence-electron chi connectivity index (χ2n) is 3.78. The van der Waals surface area contributed by atoms with Crippen molar-refractivity contribution in [3.8, 4) is 0 Å². The van der Waals surface area contributed by atoms with Crippen molar-refractivity contribution in [1.29, 1.82) is 0 Å². The molecule has 0 amide bonds. The van der Waals surface area contributed by atoms with Gasteiger partial charge in [0.2, 0.25) is 5.16 Å². The van der Waals surface area contributed by atoms with E-state index in [4.69, 9.17) is 14.2 Å². The summed E-state index contributed by atoms with van der Waals surface area (Å²) in [4.78, 5) is 4.38. The Morgan fingerprint density at radius 2 is 2.44 bits per heavy atom. The van der Waals surface area contributed by atoms with E-state index in [0.717, 1.165) is 10.2 Å². The van der Waals surface area contributed by atoms with Gasteiger partial charge in [0.15, 0.2) is 5.79 Å². The minimum atomic E-state index is -0.518. The van der Waals surface area contributed by atoms with Crippen molar-refractivity contribution in [3.63, 3.8) is 0 Å². The van der Waals surface area contributed by atoms with Gasteiger partial charge in [0.25, 0.3) is 0 Å². The van der Waals surface area contributed by atoms with Crippen molar-refractivity contribution in [2.75, 3.05) is 19.7 Å². The molecule has 0 bridgehead atoms. The zero-order valence-corrected chi connectivity index (χ0v) is 11.1. The fourth-order valence-electron chi connectivity index (χ4n) is 1.33. The van der Waals surface area contributed by atoms with Crippen LogP contribution in [0.4, 0.5) is 0 Å². The van der Waals surface area contributed by atoms with Crippen molar-refractivity contribution < 1.29 is 14.2 Å². The molecular weight excluding hydrogens is 248 g/mol. The normalized spacial score (nSPS) is 23.8. The quantitative estimate of drug-likeness (QED) is 0.611. The van der Waals surface area contributed by atoms with E-state index in [-0.39, 0.29) is 6.10 Å². The van der Waals surface area contributed by atoms with E-state index in [9.17, 15) is 0 Å². The van der Waals surface area contributed by atoms with Crippen LogP contribution >= 0.6 is 23.3 Å². The molecule has 0 saturated carbocycles. The number of hydrogen-bond acceptors (Lipinski definition) is 7. The minimum Gasteiger partial charge on any atom is -0.374 e. The highest BCUT2D eigenvalue weighted by atomic mass is 32.2. The largest absolute Gasteiger partial charge is 0.374 e. The molecule has 1 atom stereocenters. The lowest BCUT2D eigenvalue weighted by atomic mass is 10.4. The molecule has 1 saturated heterocycles. The van der Waals surface area contributed by atoms with Crippen molar-refractivity contribution in [2.24, 2.45) is 0 Å². The van der Waals surface area contributed by atoms with Crippen molar-refractivity contribution in [1.82, 2.24) is 9.36 Å². The molecule has 1 aliphatic heterocycles. The lowest BCUT2D eigenvalue weighted by Crippen LogP contribution is -2.19. The second-order valence-corrected chi connectivity index (χ2v) is 5.46. The molecular formula is C9H14N2O3S2. The average Bonchev–Trinajstić information content (AvgIpc) is 2.81. The number of aromatic nitrogens is 2. The first kappa shape index (κ1) is 12.3. The SMILES string of the molecule is COCSc1nsc(C2COC(C)(C)O2)n1. The third-order valence-corrected chi connectivity index (χ3v) is 3.73. The Hall–Kier alpha value is -0.210. The molecule has 1 fully saturated rings. The van der Waals surface area contributed by atoms with Crippen LogP contribution in [-0.2, 0) is 14.2 Å². The van der Waals surface area contributed by atoms with Crippen LogP contribution < -0.4 is 0 Å². The minimum absolute atomic E-state index is 0.0932. The molecule has 7 heteroatoms. The molecule has 1 aromatic rings. The molecule has 5 nitrogen and oxygen atoms in total. The van der Waals surface area contributed by atoms with Gasteiger partial charge in [0, 0.05) is 7.11 Å². The Balaban J connectivity index is 1.97. The summed E-state index contributed by atoms with van der Waals surface area (Å²) in [6.45, 7) is 4.33. The number of nitrogens with zero attached hydrogens (tertiary/aromatic N) is 2. The van der Waals surface area contributed by atoms with E-state index in [1.54, 1.807) is 7.11 Å². The summed E-state index contributed by atoms with van der Waals surface area (Å²) >= 11 is 2.83. The van der Waals surface area contributed by atoms with Crippen LogP contribution in [0.15, 0.2) is 5.16 Å². The van der Waals surface area contributed by atoms with E-state index in [2.05, 4.69) is 9.36 Å². The van der Waals surface area contributed by atoms with Crippen molar-refractivity contribution in [2.45, 2.75) is 30.9 Å². The number of methoxy groups -OCH3 is 1. The molecule has 1 unspecified atom stereocenters. The first-order valence-electron chi connectivity index (χ1n) is 4.88. The summed E-state index contributed by atoms with van der Waals surface area (Å²) in [6.07, 6.45) is -0.0932. The van der Waals surface area contributed by atoms with Gasteiger partial charge in [-0.05, 0) is 25.4 Å². The van der Waals surface area contributed by atoms with Crippen LogP contribution in [0.2, 0.25) is 0 Å². The van der Waals surface area contributed by atoms with Gasteiger partial charge < -0.3 is 14.2 Å².